The van der Waals surface area contributed by atoms with Crippen LogP contribution in [-0.2, 0) is 11.2 Å². The fourth-order valence-electron chi connectivity index (χ4n) is 2.38. The number of anilines is 1. The molecule has 0 aromatic heterocycles. The van der Waals surface area contributed by atoms with Gasteiger partial charge in [0.15, 0.2) is 0 Å². The number of thiol groups is 1. The molecule has 1 saturated carbocycles. The van der Waals surface area contributed by atoms with E-state index in [1.807, 2.05) is 23.1 Å². The van der Waals surface area contributed by atoms with Crippen LogP contribution >= 0.6 is 24.2 Å². The zero-order valence-corrected chi connectivity index (χ0v) is 11.1. The zero-order valence-electron chi connectivity index (χ0n) is 9.45. The Morgan fingerprint density at radius 2 is 2.18 bits per heavy atom. The molecule has 0 N–H and O–H groups in total. The number of benzene rings is 1. The third-order valence-electron chi connectivity index (χ3n) is 3.77. The van der Waals surface area contributed by atoms with Gasteiger partial charge in [-0.25, -0.2) is 0 Å². The van der Waals surface area contributed by atoms with Crippen LogP contribution in [0.4, 0.5) is 5.69 Å². The summed E-state index contributed by atoms with van der Waals surface area (Å²) >= 11 is 10.4. The topological polar surface area (TPSA) is 20.3 Å². The van der Waals surface area contributed by atoms with E-state index in [-0.39, 0.29) is 11.3 Å². The first-order valence-electron chi connectivity index (χ1n) is 5.83. The third-order valence-corrected chi connectivity index (χ3v) is 4.67. The standard InChI is InChI=1S/C13H14ClNOS/c14-10-2-1-9-5-12(16)15(11(9)6-10)7-13(8-17)3-4-13/h1-2,6,17H,3-5,7-8H2. The van der Waals surface area contributed by atoms with Crippen LogP contribution < -0.4 is 4.90 Å². The Balaban J connectivity index is 1.91. The summed E-state index contributed by atoms with van der Waals surface area (Å²) in [7, 11) is 0. The molecule has 0 saturated heterocycles. The molecule has 3 rings (SSSR count). The maximum absolute atomic E-state index is 12.0. The van der Waals surface area contributed by atoms with Crippen LogP contribution in [0.25, 0.3) is 0 Å². The lowest BCUT2D eigenvalue weighted by molar-refractivity contribution is -0.117. The van der Waals surface area contributed by atoms with Crippen molar-refractivity contribution in [2.24, 2.45) is 5.41 Å². The summed E-state index contributed by atoms with van der Waals surface area (Å²) in [5.41, 5.74) is 2.34. The van der Waals surface area contributed by atoms with Crippen LogP contribution in [0.15, 0.2) is 18.2 Å². The maximum Gasteiger partial charge on any atom is 0.231 e. The van der Waals surface area contributed by atoms with Crippen LogP contribution in [0.3, 0.4) is 0 Å². The zero-order chi connectivity index (χ0) is 12.0. The Morgan fingerprint density at radius 3 is 2.82 bits per heavy atom. The lowest BCUT2D eigenvalue weighted by Gasteiger charge is -2.23. The highest BCUT2D eigenvalue weighted by Gasteiger charge is 2.45. The number of hydrogen-bond acceptors (Lipinski definition) is 2. The molecule has 1 heterocycles. The van der Waals surface area contributed by atoms with Gasteiger partial charge in [0.1, 0.15) is 0 Å². The van der Waals surface area contributed by atoms with Crippen LogP contribution in [-0.4, -0.2) is 18.2 Å². The maximum atomic E-state index is 12.0. The van der Waals surface area contributed by atoms with E-state index in [1.165, 1.54) is 12.8 Å². The van der Waals surface area contributed by atoms with E-state index in [2.05, 4.69) is 12.6 Å². The number of halogens is 1. The number of amides is 1. The largest absolute Gasteiger partial charge is 0.311 e. The number of nitrogens with zero attached hydrogens (tertiary/aromatic N) is 1. The van der Waals surface area contributed by atoms with Gasteiger partial charge < -0.3 is 4.90 Å². The summed E-state index contributed by atoms with van der Waals surface area (Å²) in [6.45, 7) is 0.794. The van der Waals surface area contributed by atoms with E-state index in [1.54, 1.807) is 0 Å². The minimum absolute atomic E-state index is 0.190. The molecule has 1 amide bonds. The van der Waals surface area contributed by atoms with E-state index < -0.39 is 0 Å². The first kappa shape index (κ1) is 11.4. The molecule has 0 atom stereocenters. The van der Waals surface area contributed by atoms with Gasteiger partial charge in [-0.15, -0.1) is 0 Å². The molecule has 0 bridgehead atoms. The first-order chi connectivity index (χ1) is 8.13. The highest BCUT2D eigenvalue weighted by molar-refractivity contribution is 7.80. The molecule has 17 heavy (non-hydrogen) atoms. The van der Waals surface area contributed by atoms with Crippen molar-refractivity contribution in [1.29, 1.82) is 0 Å². The van der Waals surface area contributed by atoms with E-state index in [0.717, 1.165) is 23.5 Å². The van der Waals surface area contributed by atoms with Gasteiger partial charge in [0, 0.05) is 17.3 Å². The van der Waals surface area contributed by atoms with E-state index in [4.69, 9.17) is 11.6 Å². The summed E-state index contributed by atoms with van der Waals surface area (Å²) in [5, 5.41) is 0.694. The van der Waals surface area contributed by atoms with Gasteiger partial charge in [0.05, 0.1) is 6.42 Å². The van der Waals surface area contributed by atoms with Crippen molar-refractivity contribution in [3.8, 4) is 0 Å². The minimum atomic E-state index is 0.190. The molecule has 1 aromatic carbocycles. The summed E-state index contributed by atoms with van der Waals surface area (Å²) in [5.74, 6) is 1.04. The number of hydrogen-bond donors (Lipinski definition) is 1. The molecule has 2 aliphatic rings. The smallest absolute Gasteiger partial charge is 0.231 e. The lowest BCUT2D eigenvalue weighted by atomic mass is 10.1. The molecule has 0 spiro atoms. The van der Waals surface area contributed by atoms with Crippen molar-refractivity contribution in [3.63, 3.8) is 0 Å². The van der Waals surface area contributed by atoms with Crippen molar-refractivity contribution in [2.45, 2.75) is 19.3 Å². The van der Waals surface area contributed by atoms with Crippen molar-refractivity contribution in [1.82, 2.24) is 0 Å². The second kappa shape index (κ2) is 3.92. The van der Waals surface area contributed by atoms with Crippen LogP contribution in [0.1, 0.15) is 18.4 Å². The van der Waals surface area contributed by atoms with Crippen LogP contribution in [0.5, 0.6) is 0 Å². The molecule has 90 valence electrons. The molecular weight excluding hydrogens is 254 g/mol. The fourth-order valence-corrected chi connectivity index (χ4v) is 2.96. The third kappa shape index (κ3) is 1.95. The Bertz CT molecular complexity index is 484. The second-order valence-electron chi connectivity index (χ2n) is 5.09. The number of fused-ring (bicyclic) bond motifs is 1. The van der Waals surface area contributed by atoms with Gasteiger partial charge in [-0.05, 0) is 41.7 Å². The van der Waals surface area contributed by atoms with Gasteiger partial charge >= 0.3 is 0 Å². The van der Waals surface area contributed by atoms with Crippen molar-refractivity contribution >= 4 is 35.8 Å². The average Bonchev–Trinajstić information content (AvgIpc) is 3.03. The monoisotopic (exact) mass is 267 g/mol. The predicted octanol–water partition coefficient (Wildman–Crippen LogP) is 2.94. The Labute approximate surface area is 111 Å². The average molecular weight is 268 g/mol. The van der Waals surface area contributed by atoms with Crippen molar-refractivity contribution < 1.29 is 4.79 Å². The highest BCUT2D eigenvalue weighted by Crippen LogP contribution is 2.48. The molecule has 2 nitrogen and oxygen atoms in total. The number of carbonyl (C=O) groups is 1. The lowest BCUT2D eigenvalue weighted by Crippen LogP contribution is -2.33. The fraction of sp³-hybridized carbons (Fsp3) is 0.462. The molecule has 0 radical (unpaired) electrons. The molecular formula is C13H14ClNOS. The Hall–Kier alpha value is -0.670. The molecule has 1 aromatic rings. The molecule has 1 aliphatic carbocycles. The number of rotatable bonds is 3. The van der Waals surface area contributed by atoms with E-state index in [0.29, 0.717) is 11.4 Å². The second-order valence-corrected chi connectivity index (χ2v) is 5.84. The van der Waals surface area contributed by atoms with Gasteiger partial charge in [0.2, 0.25) is 5.91 Å². The van der Waals surface area contributed by atoms with E-state index >= 15 is 0 Å². The van der Waals surface area contributed by atoms with Gasteiger partial charge in [0.25, 0.3) is 0 Å². The number of carbonyl (C=O) groups excluding carboxylic acids is 1. The molecule has 0 unspecified atom stereocenters. The summed E-state index contributed by atoms with van der Waals surface area (Å²) in [4.78, 5) is 13.9. The van der Waals surface area contributed by atoms with Gasteiger partial charge in [-0.1, -0.05) is 17.7 Å². The first-order valence-corrected chi connectivity index (χ1v) is 6.84. The van der Waals surface area contributed by atoms with Gasteiger partial charge in [-0.2, -0.15) is 12.6 Å². The Kier molecular flexibility index (Phi) is 2.64. The van der Waals surface area contributed by atoms with Crippen molar-refractivity contribution in [2.75, 3.05) is 17.2 Å². The molecule has 1 fully saturated rings. The summed E-state index contributed by atoms with van der Waals surface area (Å²) in [6, 6.07) is 5.70. The van der Waals surface area contributed by atoms with E-state index in [9.17, 15) is 4.79 Å². The summed E-state index contributed by atoms with van der Waals surface area (Å²) in [6.07, 6.45) is 2.86. The molecule has 4 heteroatoms. The normalized spacial score (nSPS) is 20.6. The van der Waals surface area contributed by atoms with Gasteiger partial charge in [-0.3, -0.25) is 4.79 Å². The van der Waals surface area contributed by atoms with Crippen LogP contribution in [0.2, 0.25) is 5.02 Å². The SMILES string of the molecule is O=C1Cc2ccc(Cl)cc2N1CC1(CS)CC1. The Morgan fingerprint density at radius 1 is 1.41 bits per heavy atom. The molecule has 1 aliphatic heterocycles. The minimum Gasteiger partial charge on any atom is -0.311 e. The quantitative estimate of drug-likeness (QED) is 0.835. The highest BCUT2D eigenvalue weighted by atomic mass is 35.5. The summed E-state index contributed by atoms with van der Waals surface area (Å²) < 4.78 is 0. The predicted molar refractivity (Wildman–Crippen MR) is 73.0 cm³/mol. The van der Waals surface area contributed by atoms with Crippen LogP contribution in [0, 0.1) is 5.41 Å². The van der Waals surface area contributed by atoms with Crippen molar-refractivity contribution in [3.05, 3.63) is 28.8 Å².